The average Bonchev–Trinajstić information content (AvgIpc) is 2.84. The normalized spacial score (nSPS) is 10.9. The molecule has 0 amide bonds. The Hall–Kier alpha value is -2.42. The summed E-state index contributed by atoms with van der Waals surface area (Å²) in [5.74, 6) is -0.736. The number of aromatic amines is 1. The van der Waals surface area contributed by atoms with Crippen LogP contribution >= 0.6 is 0 Å². The maximum absolute atomic E-state index is 14.1. The third kappa shape index (κ3) is 1.92. The van der Waals surface area contributed by atoms with Crippen molar-refractivity contribution in [2.75, 3.05) is 0 Å². The first kappa shape index (κ1) is 12.6. The van der Waals surface area contributed by atoms with Crippen LogP contribution in [-0.4, -0.2) is 10.8 Å². The molecule has 1 aromatic heterocycles. The molecule has 3 rings (SSSR count). The van der Waals surface area contributed by atoms with E-state index in [-0.39, 0.29) is 11.3 Å². The smallest absolute Gasteiger partial charge is 0.198 e. The Morgan fingerprint density at radius 2 is 1.90 bits per heavy atom. The van der Waals surface area contributed by atoms with Crippen molar-refractivity contribution in [3.8, 4) is 0 Å². The molecule has 0 bridgehead atoms. The first-order valence-electron chi connectivity index (χ1n) is 6.45. The van der Waals surface area contributed by atoms with Crippen molar-refractivity contribution in [1.82, 2.24) is 4.98 Å². The van der Waals surface area contributed by atoms with Crippen molar-refractivity contribution in [1.29, 1.82) is 0 Å². The molecule has 100 valence electrons. The van der Waals surface area contributed by atoms with Crippen LogP contribution in [0, 0.1) is 19.7 Å². The van der Waals surface area contributed by atoms with Crippen molar-refractivity contribution >= 4 is 16.7 Å². The molecule has 0 radical (unpaired) electrons. The Bertz CT molecular complexity index is 817. The van der Waals surface area contributed by atoms with Gasteiger partial charge in [-0.05, 0) is 37.1 Å². The highest BCUT2D eigenvalue weighted by atomic mass is 19.1. The number of H-pyrrole nitrogens is 1. The minimum absolute atomic E-state index is 0.117. The number of hydrogen-bond donors (Lipinski definition) is 1. The second-order valence-corrected chi connectivity index (χ2v) is 5.02. The zero-order valence-corrected chi connectivity index (χ0v) is 11.3. The van der Waals surface area contributed by atoms with Gasteiger partial charge in [-0.1, -0.05) is 24.3 Å². The van der Waals surface area contributed by atoms with E-state index in [4.69, 9.17) is 0 Å². The molecule has 0 aliphatic rings. The Morgan fingerprint density at radius 3 is 2.70 bits per heavy atom. The second kappa shape index (κ2) is 4.60. The fourth-order valence-electron chi connectivity index (χ4n) is 2.40. The predicted molar refractivity (Wildman–Crippen MR) is 77.6 cm³/mol. The summed E-state index contributed by atoms with van der Waals surface area (Å²) in [5.41, 5.74) is 3.10. The number of halogens is 1. The lowest BCUT2D eigenvalue weighted by atomic mass is 10.00. The van der Waals surface area contributed by atoms with Gasteiger partial charge in [-0.15, -0.1) is 0 Å². The molecule has 3 aromatic rings. The summed E-state index contributed by atoms with van der Waals surface area (Å²) >= 11 is 0. The quantitative estimate of drug-likeness (QED) is 0.695. The van der Waals surface area contributed by atoms with Crippen molar-refractivity contribution in [3.05, 3.63) is 70.7 Å². The molecule has 0 spiro atoms. The van der Waals surface area contributed by atoms with Gasteiger partial charge in [0.1, 0.15) is 5.82 Å². The standard InChI is InChI=1S/C17H14FNO/c1-10-6-7-12-14(9-19-15(12)8-10)17(20)13-5-3-4-11(2)16(13)18/h3-9,19H,1-2H3. The molecule has 0 atom stereocenters. The van der Waals surface area contributed by atoms with E-state index >= 15 is 0 Å². The van der Waals surface area contributed by atoms with Crippen LogP contribution in [0.5, 0.6) is 0 Å². The lowest BCUT2D eigenvalue weighted by molar-refractivity contribution is 0.103. The van der Waals surface area contributed by atoms with Gasteiger partial charge in [0.25, 0.3) is 0 Å². The van der Waals surface area contributed by atoms with Crippen LogP contribution < -0.4 is 0 Å². The number of aromatic nitrogens is 1. The first-order chi connectivity index (χ1) is 9.58. The molecule has 1 N–H and O–H groups in total. The molecule has 0 aliphatic carbocycles. The van der Waals surface area contributed by atoms with Gasteiger partial charge in [0.05, 0.1) is 5.56 Å². The average molecular weight is 267 g/mol. The molecular formula is C17H14FNO. The Labute approximate surface area is 116 Å². The first-order valence-corrected chi connectivity index (χ1v) is 6.45. The summed E-state index contributed by atoms with van der Waals surface area (Å²) in [6.07, 6.45) is 1.65. The van der Waals surface area contributed by atoms with E-state index in [9.17, 15) is 9.18 Å². The van der Waals surface area contributed by atoms with E-state index in [1.807, 2.05) is 25.1 Å². The van der Waals surface area contributed by atoms with Crippen LogP contribution in [0.15, 0.2) is 42.6 Å². The molecule has 0 fully saturated rings. The predicted octanol–water partition coefficient (Wildman–Crippen LogP) is 4.15. The molecule has 0 saturated carbocycles. The van der Waals surface area contributed by atoms with Crippen LogP contribution in [0.1, 0.15) is 27.0 Å². The lowest BCUT2D eigenvalue weighted by Gasteiger charge is -2.04. The van der Waals surface area contributed by atoms with E-state index in [0.29, 0.717) is 11.1 Å². The largest absolute Gasteiger partial charge is 0.360 e. The topological polar surface area (TPSA) is 32.9 Å². The van der Waals surface area contributed by atoms with Gasteiger partial charge >= 0.3 is 0 Å². The fraction of sp³-hybridized carbons (Fsp3) is 0.118. The third-order valence-corrected chi connectivity index (χ3v) is 3.52. The third-order valence-electron chi connectivity index (χ3n) is 3.52. The lowest BCUT2D eigenvalue weighted by Crippen LogP contribution is -2.04. The number of carbonyl (C=O) groups excluding carboxylic acids is 1. The summed E-state index contributed by atoms with van der Waals surface area (Å²) in [4.78, 5) is 15.6. The maximum atomic E-state index is 14.1. The van der Waals surface area contributed by atoms with Gasteiger partial charge < -0.3 is 4.98 Å². The van der Waals surface area contributed by atoms with Gasteiger partial charge in [-0.25, -0.2) is 4.39 Å². The second-order valence-electron chi connectivity index (χ2n) is 5.02. The number of carbonyl (C=O) groups is 1. The van der Waals surface area contributed by atoms with E-state index in [1.54, 1.807) is 25.3 Å². The molecule has 1 heterocycles. The van der Waals surface area contributed by atoms with Gasteiger partial charge in [0.15, 0.2) is 5.78 Å². The Balaban J connectivity index is 2.16. The highest BCUT2D eigenvalue weighted by Crippen LogP contribution is 2.24. The van der Waals surface area contributed by atoms with Crippen molar-refractivity contribution in [2.45, 2.75) is 13.8 Å². The van der Waals surface area contributed by atoms with Crippen LogP contribution in [0.3, 0.4) is 0 Å². The van der Waals surface area contributed by atoms with E-state index < -0.39 is 5.82 Å². The summed E-state index contributed by atoms with van der Waals surface area (Å²) in [7, 11) is 0. The minimum Gasteiger partial charge on any atom is -0.360 e. The summed E-state index contributed by atoms with van der Waals surface area (Å²) in [5, 5.41) is 0.821. The zero-order valence-electron chi connectivity index (χ0n) is 11.3. The maximum Gasteiger partial charge on any atom is 0.198 e. The summed E-state index contributed by atoms with van der Waals surface area (Å²) in [6, 6.07) is 10.7. The van der Waals surface area contributed by atoms with Crippen molar-refractivity contribution in [2.24, 2.45) is 0 Å². The molecule has 0 saturated heterocycles. The van der Waals surface area contributed by atoms with Crippen LogP contribution in [0.2, 0.25) is 0 Å². The van der Waals surface area contributed by atoms with Gasteiger partial charge in [0.2, 0.25) is 0 Å². The molecule has 3 heteroatoms. The number of aryl methyl sites for hydroxylation is 2. The zero-order chi connectivity index (χ0) is 14.3. The Morgan fingerprint density at radius 1 is 1.10 bits per heavy atom. The van der Waals surface area contributed by atoms with E-state index in [2.05, 4.69) is 4.98 Å². The molecule has 0 aliphatic heterocycles. The van der Waals surface area contributed by atoms with E-state index in [1.165, 1.54) is 6.07 Å². The molecule has 2 aromatic carbocycles. The summed E-state index contributed by atoms with van der Waals surface area (Å²) < 4.78 is 14.1. The highest BCUT2D eigenvalue weighted by Gasteiger charge is 2.18. The molecule has 0 unspecified atom stereocenters. The van der Waals surface area contributed by atoms with Gasteiger partial charge in [-0.2, -0.15) is 0 Å². The number of nitrogens with one attached hydrogen (secondary N) is 1. The van der Waals surface area contributed by atoms with E-state index in [0.717, 1.165) is 16.5 Å². The summed E-state index contributed by atoms with van der Waals surface area (Å²) in [6.45, 7) is 3.65. The molecule has 2 nitrogen and oxygen atoms in total. The fourth-order valence-corrected chi connectivity index (χ4v) is 2.40. The number of hydrogen-bond acceptors (Lipinski definition) is 1. The van der Waals surface area contributed by atoms with Gasteiger partial charge in [-0.3, -0.25) is 4.79 Å². The number of benzene rings is 2. The molecular weight excluding hydrogens is 253 g/mol. The molecule has 20 heavy (non-hydrogen) atoms. The van der Waals surface area contributed by atoms with Gasteiger partial charge in [0, 0.05) is 22.7 Å². The van der Waals surface area contributed by atoms with Crippen LogP contribution in [-0.2, 0) is 0 Å². The number of rotatable bonds is 2. The monoisotopic (exact) mass is 267 g/mol. The Kier molecular flexibility index (Phi) is 2.90. The van der Waals surface area contributed by atoms with Crippen molar-refractivity contribution < 1.29 is 9.18 Å². The number of fused-ring (bicyclic) bond motifs is 1. The minimum atomic E-state index is -0.445. The van der Waals surface area contributed by atoms with Crippen LogP contribution in [0.25, 0.3) is 10.9 Å². The highest BCUT2D eigenvalue weighted by molar-refractivity contribution is 6.16. The van der Waals surface area contributed by atoms with Crippen molar-refractivity contribution in [3.63, 3.8) is 0 Å². The number of ketones is 1. The van der Waals surface area contributed by atoms with Crippen LogP contribution in [0.4, 0.5) is 4.39 Å². The SMILES string of the molecule is Cc1ccc2c(C(=O)c3cccc(C)c3F)c[nH]c2c1.